The van der Waals surface area contributed by atoms with Crippen LogP contribution in [0.25, 0.3) is 0 Å². The summed E-state index contributed by atoms with van der Waals surface area (Å²) in [5.41, 5.74) is 2.49. The Morgan fingerprint density at radius 1 is 1.17 bits per heavy atom. The van der Waals surface area contributed by atoms with Crippen molar-refractivity contribution in [1.29, 1.82) is 5.26 Å². The van der Waals surface area contributed by atoms with E-state index in [1.54, 1.807) is 6.20 Å². The Bertz CT molecular complexity index is 798. The first kappa shape index (κ1) is 21.0. The summed E-state index contributed by atoms with van der Waals surface area (Å²) in [6.07, 6.45) is 13.2. The summed E-state index contributed by atoms with van der Waals surface area (Å²) in [5, 5.41) is 15.9. The van der Waals surface area contributed by atoms with Crippen LogP contribution in [-0.4, -0.2) is 11.9 Å². The minimum absolute atomic E-state index is 0.140. The Morgan fingerprint density at radius 3 is 2.30 bits per heavy atom. The first-order valence-corrected chi connectivity index (χ1v) is 11.8. The Balaban J connectivity index is 1.36. The van der Waals surface area contributed by atoms with Crippen molar-refractivity contribution in [3.8, 4) is 6.07 Å². The molecule has 30 heavy (non-hydrogen) atoms. The summed E-state index contributed by atoms with van der Waals surface area (Å²) in [4.78, 5) is 12.6. The molecule has 4 aliphatic rings. The largest absolute Gasteiger partial charge is 0.387 e. The molecule has 4 bridgehead atoms. The maximum absolute atomic E-state index is 12.6. The van der Waals surface area contributed by atoms with E-state index < -0.39 is 0 Å². The van der Waals surface area contributed by atoms with Gasteiger partial charge in [0.2, 0.25) is 0 Å². The second kappa shape index (κ2) is 8.84. The minimum atomic E-state index is -0.343. The van der Waals surface area contributed by atoms with Crippen molar-refractivity contribution >= 4 is 11.6 Å². The number of nitriles is 1. The number of hydrogen-bond acceptors (Lipinski definition) is 3. The first-order chi connectivity index (χ1) is 14.5. The SMILES string of the molecule is CCCCc1ccc(NC(=O)/C(C#N)=C\NC(C)C23CC4CC(CC(C4)C2)C3)cc1. The zero-order valence-corrected chi connectivity index (χ0v) is 18.4. The summed E-state index contributed by atoms with van der Waals surface area (Å²) in [5.74, 6) is 2.33. The number of hydrogen-bond donors (Lipinski definition) is 2. The molecule has 0 heterocycles. The molecule has 2 N–H and O–H groups in total. The van der Waals surface area contributed by atoms with Gasteiger partial charge in [-0.15, -0.1) is 0 Å². The van der Waals surface area contributed by atoms with Crippen molar-refractivity contribution in [2.45, 2.75) is 77.7 Å². The number of unbranched alkanes of at least 4 members (excludes halogenated alkanes) is 1. The molecule has 4 nitrogen and oxygen atoms in total. The molecule has 1 unspecified atom stereocenters. The Hall–Kier alpha value is -2.28. The summed E-state index contributed by atoms with van der Waals surface area (Å²) in [7, 11) is 0. The molecule has 0 spiro atoms. The van der Waals surface area contributed by atoms with Crippen molar-refractivity contribution in [3.63, 3.8) is 0 Å². The number of carbonyl (C=O) groups is 1. The van der Waals surface area contributed by atoms with Gasteiger partial charge in [0, 0.05) is 17.9 Å². The van der Waals surface area contributed by atoms with E-state index in [9.17, 15) is 10.1 Å². The molecular weight excluding hydrogens is 370 g/mol. The molecule has 1 atom stereocenters. The van der Waals surface area contributed by atoms with Crippen LogP contribution < -0.4 is 10.6 Å². The van der Waals surface area contributed by atoms with Crippen molar-refractivity contribution in [2.24, 2.45) is 23.2 Å². The highest BCUT2D eigenvalue weighted by Crippen LogP contribution is 2.61. The molecule has 0 aromatic heterocycles. The molecule has 4 fully saturated rings. The van der Waals surface area contributed by atoms with Crippen LogP contribution >= 0.6 is 0 Å². The van der Waals surface area contributed by atoms with Gasteiger partial charge in [0.05, 0.1) is 0 Å². The van der Waals surface area contributed by atoms with E-state index in [-0.39, 0.29) is 11.5 Å². The highest BCUT2D eigenvalue weighted by Gasteiger charge is 2.53. The van der Waals surface area contributed by atoms with Gasteiger partial charge in [-0.1, -0.05) is 25.5 Å². The minimum Gasteiger partial charge on any atom is -0.387 e. The molecule has 0 radical (unpaired) electrons. The number of anilines is 1. The van der Waals surface area contributed by atoms with Gasteiger partial charge in [-0.2, -0.15) is 5.26 Å². The number of carbonyl (C=O) groups excluding carboxylic acids is 1. The number of nitrogens with one attached hydrogen (secondary N) is 2. The van der Waals surface area contributed by atoms with Gasteiger partial charge >= 0.3 is 0 Å². The van der Waals surface area contributed by atoms with Crippen LogP contribution in [-0.2, 0) is 11.2 Å². The lowest BCUT2D eigenvalue weighted by Gasteiger charge is -2.59. The number of amides is 1. The average molecular weight is 406 g/mol. The Labute approximate surface area is 181 Å². The molecule has 4 aliphatic carbocycles. The summed E-state index contributed by atoms with van der Waals surface area (Å²) < 4.78 is 0. The molecule has 5 rings (SSSR count). The maximum atomic E-state index is 12.6. The third kappa shape index (κ3) is 4.41. The first-order valence-electron chi connectivity index (χ1n) is 11.8. The highest BCUT2D eigenvalue weighted by molar-refractivity contribution is 6.06. The normalized spacial score (nSPS) is 30.6. The van der Waals surface area contributed by atoms with Gasteiger partial charge in [-0.25, -0.2) is 0 Å². The lowest BCUT2D eigenvalue weighted by atomic mass is 9.48. The van der Waals surface area contributed by atoms with Crippen LogP contribution in [0.4, 0.5) is 5.69 Å². The Morgan fingerprint density at radius 2 is 1.77 bits per heavy atom. The molecule has 0 saturated heterocycles. The summed E-state index contributed by atoms with van der Waals surface area (Å²) in [6, 6.07) is 10.3. The van der Waals surface area contributed by atoms with E-state index in [1.807, 2.05) is 12.1 Å². The van der Waals surface area contributed by atoms with Crippen molar-refractivity contribution in [1.82, 2.24) is 5.32 Å². The standard InChI is InChI=1S/C26H35N3O/c1-3-4-5-19-6-8-24(9-7-19)29-25(30)23(16-27)17-28-18(2)26-13-20-10-21(14-26)12-22(11-20)15-26/h6-9,17-18,20-22,28H,3-5,10-15H2,1-2H3,(H,29,30)/b23-17-. The number of rotatable bonds is 8. The van der Waals surface area contributed by atoms with Gasteiger partial charge in [-0.3, -0.25) is 4.79 Å². The van der Waals surface area contributed by atoms with Crippen LogP contribution in [0.2, 0.25) is 0 Å². The zero-order valence-electron chi connectivity index (χ0n) is 18.4. The van der Waals surface area contributed by atoms with Crippen molar-refractivity contribution in [2.75, 3.05) is 5.32 Å². The third-order valence-electron chi connectivity index (χ3n) is 7.88. The lowest BCUT2D eigenvalue weighted by Crippen LogP contribution is -2.54. The van der Waals surface area contributed by atoms with Crippen molar-refractivity contribution in [3.05, 3.63) is 41.6 Å². The van der Waals surface area contributed by atoms with E-state index in [4.69, 9.17) is 0 Å². The van der Waals surface area contributed by atoms with E-state index >= 15 is 0 Å². The monoisotopic (exact) mass is 405 g/mol. The highest BCUT2D eigenvalue weighted by atomic mass is 16.1. The fraction of sp³-hybridized carbons (Fsp3) is 0.615. The van der Waals surface area contributed by atoms with Gasteiger partial charge < -0.3 is 10.6 Å². The third-order valence-corrected chi connectivity index (χ3v) is 7.88. The molecule has 1 aromatic rings. The fourth-order valence-electron chi connectivity index (χ4n) is 6.58. The van der Waals surface area contributed by atoms with Gasteiger partial charge in [0.1, 0.15) is 11.6 Å². The topological polar surface area (TPSA) is 64.9 Å². The number of benzene rings is 1. The summed E-state index contributed by atoms with van der Waals surface area (Å²) in [6.45, 7) is 4.42. The molecule has 160 valence electrons. The predicted molar refractivity (Wildman–Crippen MR) is 121 cm³/mol. The molecule has 0 aliphatic heterocycles. The predicted octanol–water partition coefficient (Wildman–Crippen LogP) is 5.57. The smallest absolute Gasteiger partial charge is 0.267 e. The lowest BCUT2D eigenvalue weighted by molar-refractivity contribution is -0.112. The van der Waals surface area contributed by atoms with E-state index in [1.165, 1.54) is 56.9 Å². The zero-order chi connectivity index (χ0) is 21.1. The summed E-state index contributed by atoms with van der Waals surface area (Å²) >= 11 is 0. The Kier molecular flexibility index (Phi) is 6.18. The molecular formula is C26H35N3O. The quantitative estimate of drug-likeness (QED) is 0.439. The number of aryl methyl sites for hydroxylation is 1. The molecule has 4 saturated carbocycles. The van der Waals surface area contributed by atoms with Crippen LogP contribution in [0.5, 0.6) is 0 Å². The van der Waals surface area contributed by atoms with Gasteiger partial charge in [0.25, 0.3) is 5.91 Å². The molecule has 4 heteroatoms. The van der Waals surface area contributed by atoms with Crippen LogP contribution in [0, 0.1) is 34.5 Å². The second-order valence-corrected chi connectivity index (χ2v) is 10.1. The van der Waals surface area contributed by atoms with Gasteiger partial charge in [-0.05, 0) is 99.2 Å². The van der Waals surface area contributed by atoms with E-state index in [0.717, 1.165) is 29.9 Å². The van der Waals surface area contributed by atoms with Crippen LogP contribution in [0.1, 0.15) is 70.8 Å². The molecule has 1 amide bonds. The van der Waals surface area contributed by atoms with E-state index in [2.05, 4.69) is 42.7 Å². The maximum Gasteiger partial charge on any atom is 0.267 e. The van der Waals surface area contributed by atoms with Gasteiger partial charge in [0.15, 0.2) is 0 Å². The van der Waals surface area contributed by atoms with Crippen LogP contribution in [0.3, 0.4) is 0 Å². The average Bonchev–Trinajstić information content (AvgIpc) is 2.72. The number of nitrogens with zero attached hydrogens (tertiary/aromatic N) is 1. The molecule has 1 aromatic carbocycles. The second-order valence-electron chi connectivity index (χ2n) is 10.1. The van der Waals surface area contributed by atoms with Crippen LogP contribution in [0.15, 0.2) is 36.0 Å². The van der Waals surface area contributed by atoms with E-state index in [0.29, 0.717) is 11.5 Å². The fourth-order valence-corrected chi connectivity index (χ4v) is 6.58. The van der Waals surface area contributed by atoms with Crippen molar-refractivity contribution < 1.29 is 4.79 Å².